The van der Waals surface area contributed by atoms with Gasteiger partial charge in [0.1, 0.15) is 6.61 Å². The number of cyclic esters (lactones) is 1. The first-order chi connectivity index (χ1) is 17.8. The molecule has 10 heteroatoms. The SMILES string of the molecule is CC[C@@]1(O)C(=O)OCc2c1cc1n(c2=O)Cc2c-1nc1cc3c(cc1c2CNCCNC(C)C)OCO3. The van der Waals surface area contributed by atoms with E-state index in [1.54, 1.807) is 17.6 Å². The number of nitrogens with zero attached hydrogens (tertiary/aromatic N) is 2. The van der Waals surface area contributed by atoms with Gasteiger partial charge in [-0.15, -0.1) is 0 Å². The Hall–Kier alpha value is -3.47. The standard InChI is InChI=1S/C27H30N4O6/c1-4-27(34)19-8-21-24-17(11-31(21)25(32)18(19)12-35-26(27)33)16(10-28-5-6-29-14(2)3)15-7-22-23(37-13-36-22)9-20(15)30-24/h7-9,14,28-29,34H,4-6,10-13H2,1-3H3/t27-/m0/s1. The van der Waals surface area contributed by atoms with E-state index in [1.807, 2.05) is 12.1 Å². The largest absolute Gasteiger partial charge is 0.458 e. The third-order valence-electron chi connectivity index (χ3n) is 7.46. The molecule has 0 radical (unpaired) electrons. The molecule has 1 aromatic carbocycles. The zero-order valence-corrected chi connectivity index (χ0v) is 21.1. The van der Waals surface area contributed by atoms with Crippen LogP contribution in [-0.4, -0.2) is 46.6 Å². The predicted molar refractivity (Wildman–Crippen MR) is 135 cm³/mol. The van der Waals surface area contributed by atoms with Gasteiger partial charge in [-0.25, -0.2) is 9.78 Å². The Morgan fingerprint density at radius 2 is 1.89 bits per heavy atom. The number of hydrogen-bond acceptors (Lipinski definition) is 9. The van der Waals surface area contributed by atoms with E-state index >= 15 is 0 Å². The van der Waals surface area contributed by atoms with E-state index in [0.29, 0.717) is 53.1 Å². The Kier molecular flexibility index (Phi) is 5.70. The van der Waals surface area contributed by atoms with E-state index in [2.05, 4.69) is 24.5 Å². The van der Waals surface area contributed by atoms with Crippen molar-refractivity contribution >= 4 is 16.9 Å². The molecular formula is C27H30N4O6. The minimum Gasteiger partial charge on any atom is -0.458 e. The van der Waals surface area contributed by atoms with Gasteiger partial charge in [-0.2, -0.15) is 0 Å². The Balaban J connectivity index is 1.50. The zero-order chi connectivity index (χ0) is 25.9. The summed E-state index contributed by atoms with van der Waals surface area (Å²) in [5.41, 5.74) is 2.43. The number of aromatic nitrogens is 2. The predicted octanol–water partition coefficient (Wildman–Crippen LogP) is 1.90. The summed E-state index contributed by atoms with van der Waals surface area (Å²) in [6.45, 7) is 8.43. The highest BCUT2D eigenvalue weighted by molar-refractivity contribution is 5.91. The van der Waals surface area contributed by atoms with Crippen molar-refractivity contribution in [1.29, 1.82) is 0 Å². The van der Waals surface area contributed by atoms with Gasteiger partial charge in [0.15, 0.2) is 17.1 Å². The van der Waals surface area contributed by atoms with E-state index in [-0.39, 0.29) is 25.4 Å². The number of pyridine rings is 2. The van der Waals surface area contributed by atoms with Gasteiger partial charge in [0, 0.05) is 48.3 Å². The van der Waals surface area contributed by atoms with Crippen LogP contribution < -0.4 is 25.7 Å². The van der Waals surface area contributed by atoms with Crippen LogP contribution in [0.15, 0.2) is 23.0 Å². The number of fused-ring (bicyclic) bond motifs is 6. The number of ether oxygens (including phenoxy) is 3. The highest BCUT2D eigenvalue weighted by Gasteiger charge is 2.45. The molecule has 10 nitrogen and oxygen atoms in total. The molecule has 3 aromatic rings. The fourth-order valence-corrected chi connectivity index (χ4v) is 5.42. The molecule has 0 amide bonds. The van der Waals surface area contributed by atoms with Crippen LogP contribution in [0.5, 0.6) is 11.5 Å². The number of rotatable bonds is 7. The Morgan fingerprint density at radius 1 is 1.11 bits per heavy atom. The van der Waals surface area contributed by atoms with E-state index in [1.165, 1.54) is 0 Å². The molecule has 3 aliphatic rings. The van der Waals surface area contributed by atoms with Crippen molar-refractivity contribution in [2.75, 3.05) is 19.9 Å². The topological polar surface area (TPSA) is 124 Å². The minimum absolute atomic E-state index is 0.1000. The highest BCUT2D eigenvalue weighted by atomic mass is 16.7. The van der Waals surface area contributed by atoms with Crippen LogP contribution in [0, 0.1) is 0 Å². The monoisotopic (exact) mass is 506 g/mol. The van der Waals surface area contributed by atoms with Crippen LogP contribution in [0.1, 0.15) is 49.4 Å². The summed E-state index contributed by atoms with van der Waals surface area (Å²) in [5, 5.41) is 19.0. The van der Waals surface area contributed by atoms with Crippen molar-refractivity contribution in [3.63, 3.8) is 0 Å². The molecule has 0 fully saturated rings. The molecule has 2 aromatic heterocycles. The van der Waals surface area contributed by atoms with Gasteiger partial charge >= 0.3 is 5.97 Å². The van der Waals surface area contributed by atoms with Crippen molar-refractivity contribution in [2.45, 2.75) is 58.5 Å². The molecule has 6 rings (SSSR count). The number of aliphatic hydroxyl groups is 1. The quantitative estimate of drug-likeness (QED) is 0.255. The van der Waals surface area contributed by atoms with Gasteiger partial charge in [-0.3, -0.25) is 4.79 Å². The van der Waals surface area contributed by atoms with Crippen LogP contribution in [0.4, 0.5) is 0 Å². The maximum atomic E-state index is 13.6. The van der Waals surface area contributed by atoms with Gasteiger partial charge in [-0.05, 0) is 24.1 Å². The van der Waals surface area contributed by atoms with Crippen LogP contribution in [0.25, 0.3) is 22.3 Å². The third-order valence-corrected chi connectivity index (χ3v) is 7.46. The summed E-state index contributed by atoms with van der Waals surface area (Å²) in [6.07, 6.45) is 0.1000. The summed E-state index contributed by atoms with van der Waals surface area (Å²) in [4.78, 5) is 31.0. The lowest BCUT2D eigenvalue weighted by Gasteiger charge is -2.31. The first-order valence-electron chi connectivity index (χ1n) is 12.7. The van der Waals surface area contributed by atoms with Crippen molar-refractivity contribution in [1.82, 2.24) is 20.2 Å². The fourth-order valence-electron chi connectivity index (χ4n) is 5.42. The summed E-state index contributed by atoms with van der Waals surface area (Å²) in [6, 6.07) is 5.95. The second-order valence-electron chi connectivity index (χ2n) is 10.0. The van der Waals surface area contributed by atoms with Crippen LogP contribution in [0.2, 0.25) is 0 Å². The van der Waals surface area contributed by atoms with E-state index in [9.17, 15) is 14.7 Å². The normalized spacial score (nSPS) is 19.2. The molecule has 0 spiro atoms. The number of benzene rings is 1. The summed E-state index contributed by atoms with van der Waals surface area (Å²) >= 11 is 0. The highest BCUT2D eigenvalue weighted by Crippen LogP contribution is 2.43. The molecule has 37 heavy (non-hydrogen) atoms. The number of nitrogens with one attached hydrogen (secondary N) is 2. The number of carbonyl (C=O) groups is 1. The van der Waals surface area contributed by atoms with Gasteiger partial charge < -0.3 is 34.5 Å². The maximum Gasteiger partial charge on any atom is 0.343 e. The average molecular weight is 507 g/mol. The van der Waals surface area contributed by atoms with Crippen molar-refractivity contribution in [3.05, 3.63) is 50.8 Å². The summed E-state index contributed by atoms with van der Waals surface area (Å²) in [7, 11) is 0. The Morgan fingerprint density at radius 3 is 2.65 bits per heavy atom. The molecule has 3 aliphatic heterocycles. The smallest absolute Gasteiger partial charge is 0.343 e. The summed E-state index contributed by atoms with van der Waals surface area (Å²) in [5.74, 6) is 0.567. The molecule has 0 saturated heterocycles. The first kappa shape index (κ1) is 23.9. The number of hydrogen-bond donors (Lipinski definition) is 3. The van der Waals surface area contributed by atoms with Gasteiger partial charge in [-0.1, -0.05) is 20.8 Å². The van der Waals surface area contributed by atoms with Crippen molar-refractivity contribution in [3.8, 4) is 22.9 Å². The van der Waals surface area contributed by atoms with Gasteiger partial charge in [0.25, 0.3) is 5.56 Å². The maximum absolute atomic E-state index is 13.6. The van der Waals surface area contributed by atoms with Crippen LogP contribution >= 0.6 is 0 Å². The van der Waals surface area contributed by atoms with Crippen LogP contribution in [0.3, 0.4) is 0 Å². The molecule has 0 bridgehead atoms. The fraction of sp³-hybridized carbons (Fsp3) is 0.444. The van der Waals surface area contributed by atoms with E-state index < -0.39 is 11.6 Å². The zero-order valence-electron chi connectivity index (χ0n) is 21.1. The van der Waals surface area contributed by atoms with Crippen molar-refractivity contribution < 1.29 is 24.1 Å². The van der Waals surface area contributed by atoms with Crippen LogP contribution in [-0.2, 0) is 34.8 Å². The lowest BCUT2D eigenvalue weighted by Crippen LogP contribution is -2.44. The van der Waals surface area contributed by atoms with Gasteiger partial charge in [0.2, 0.25) is 6.79 Å². The molecule has 194 valence electrons. The second-order valence-corrected chi connectivity index (χ2v) is 10.0. The second kappa shape index (κ2) is 8.83. The van der Waals surface area contributed by atoms with E-state index in [0.717, 1.165) is 35.1 Å². The average Bonchev–Trinajstić information content (AvgIpc) is 3.49. The Bertz CT molecular complexity index is 1500. The van der Waals surface area contributed by atoms with Gasteiger partial charge in [0.05, 0.1) is 29.0 Å². The summed E-state index contributed by atoms with van der Waals surface area (Å²) < 4.78 is 18.1. The lowest BCUT2D eigenvalue weighted by molar-refractivity contribution is -0.172. The molecule has 0 aliphatic carbocycles. The van der Waals surface area contributed by atoms with E-state index in [4.69, 9.17) is 19.2 Å². The minimum atomic E-state index is -1.86. The van der Waals surface area contributed by atoms with Crippen molar-refractivity contribution in [2.24, 2.45) is 0 Å². The molecule has 0 unspecified atom stereocenters. The third kappa shape index (κ3) is 3.70. The first-order valence-corrected chi connectivity index (χ1v) is 12.7. The number of carbonyl (C=O) groups excluding carboxylic acids is 1. The molecule has 5 heterocycles. The molecule has 3 N–H and O–H groups in total. The molecule has 0 saturated carbocycles. The lowest BCUT2D eigenvalue weighted by atomic mass is 9.86. The molecular weight excluding hydrogens is 476 g/mol. The number of esters is 1. The molecule has 1 atom stereocenters. The Labute approximate surface area is 213 Å².